The summed E-state index contributed by atoms with van der Waals surface area (Å²) in [5.74, 6) is -0.0684. The minimum Gasteiger partial charge on any atom is -0.506 e. The summed E-state index contributed by atoms with van der Waals surface area (Å²) in [5.41, 5.74) is 1.95. The van der Waals surface area contributed by atoms with Crippen LogP contribution < -0.4 is 10.9 Å². The van der Waals surface area contributed by atoms with Gasteiger partial charge in [-0.1, -0.05) is 32.0 Å². The van der Waals surface area contributed by atoms with Crippen LogP contribution in [0.25, 0.3) is 5.69 Å². The number of benzene rings is 1. The van der Waals surface area contributed by atoms with E-state index in [0.717, 1.165) is 24.2 Å². The zero-order valence-corrected chi connectivity index (χ0v) is 11.8. The fourth-order valence-electron chi connectivity index (χ4n) is 2.04. The number of rotatable bonds is 5. The molecule has 0 radical (unpaired) electrons. The van der Waals surface area contributed by atoms with E-state index in [9.17, 15) is 9.90 Å². The highest BCUT2D eigenvalue weighted by Gasteiger charge is 2.11. The summed E-state index contributed by atoms with van der Waals surface area (Å²) in [6, 6.07) is 8.86. The van der Waals surface area contributed by atoms with Gasteiger partial charge < -0.3 is 10.4 Å². The Morgan fingerprint density at radius 3 is 2.75 bits per heavy atom. The number of hydrogen-bond donors (Lipinski definition) is 2. The second-order valence-corrected chi connectivity index (χ2v) is 4.49. The van der Waals surface area contributed by atoms with E-state index < -0.39 is 0 Å². The summed E-state index contributed by atoms with van der Waals surface area (Å²) in [7, 11) is 0. The Morgan fingerprint density at radius 2 is 2.05 bits per heavy atom. The van der Waals surface area contributed by atoms with Crippen molar-refractivity contribution in [1.29, 1.82) is 0 Å². The van der Waals surface area contributed by atoms with Crippen molar-refractivity contribution in [2.45, 2.75) is 26.8 Å². The zero-order valence-electron chi connectivity index (χ0n) is 11.8. The van der Waals surface area contributed by atoms with Gasteiger partial charge in [-0.05, 0) is 24.6 Å². The van der Waals surface area contributed by atoms with E-state index in [4.69, 9.17) is 0 Å². The standard InChI is InChI=1S/C15H19N3O2/c1-3-11-7-5-6-8-13(11)18-15(20)9-14(19)12(17-18)10-16-4-2/h5-9,16,19H,3-4,10H2,1-2H3. The topological polar surface area (TPSA) is 67.2 Å². The second kappa shape index (κ2) is 6.34. The number of nitrogens with one attached hydrogen (secondary N) is 1. The lowest BCUT2D eigenvalue weighted by molar-refractivity contribution is 0.452. The fourth-order valence-corrected chi connectivity index (χ4v) is 2.04. The normalized spacial score (nSPS) is 10.7. The molecule has 0 bridgehead atoms. The number of nitrogens with zero attached hydrogens (tertiary/aromatic N) is 2. The van der Waals surface area contributed by atoms with Crippen molar-refractivity contribution in [2.75, 3.05) is 6.54 Å². The van der Waals surface area contributed by atoms with Crippen LogP contribution in [0.1, 0.15) is 25.1 Å². The first-order chi connectivity index (χ1) is 9.67. The Labute approximate surface area is 117 Å². The van der Waals surface area contributed by atoms with Gasteiger partial charge in [0.2, 0.25) is 0 Å². The highest BCUT2D eigenvalue weighted by molar-refractivity contribution is 5.41. The maximum atomic E-state index is 12.1. The van der Waals surface area contributed by atoms with Gasteiger partial charge in [0.05, 0.1) is 5.69 Å². The maximum Gasteiger partial charge on any atom is 0.275 e. The third-order valence-electron chi connectivity index (χ3n) is 3.13. The first-order valence-corrected chi connectivity index (χ1v) is 6.78. The maximum absolute atomic E-state index is 12.1. The van der Waals surface area contributed by atoms with Crippen molar-refractivity contribution in [3.63, 3.8) is 0 Å². The average Bonchev–Trinajstić information content (AvgIpc) is 2.46. The van der Waals surface area contributed by atoms with Crippen molar-refractivity contribution in [3.8, 4) is 11.4 Å². The van der Waals surface area contributed by atoms with Crippen LogP contribution in [-0.4, -0.2) is 21.4 Å². The predicted molar refractivity (Wildman–Crippen MR) is 78.3 cm³/mol. The lowest BCUT2D eigenvalue weighted by Gasteiger charge is -2.12. The van der Waals surface area contributed by atoms with Gasteiger partial charge in [-0.2, -0.15) is 9.78 Å². The van der Waals surface area contributed by atoms with Crippen LogP contribution in [0.4, 0.5) is 0 Å². The molecule has 5 heteroatoms. The van der Waals surface area contributed by atoms with Crippen molar-refractivity contribution in [3.05, 3.63) is 51.9 Å². The molecule has 5 nitrogen and oxygen atoms in total. The van der Waals surface area contributed by atoms with Gasteiger partial charge in [0.25, 0.3) is 5.56 Å². The van der Waals surface area contributed by atoms with Crippen LogP contribution in [0.3, 0.4) is 0 Å². The third kappa shape index (κ3) is 2.88. The largest absolute Gasteiger partial charge is 0.506 e. The van der Waals surface area contributed by atoms with Crippen LogP contribution in [-0.2, 0) is 13.0 Å². The molecule has 0 amide bonds. The van der Waals surface area contributed by atoms with Gasteiger partial charge in [-0.15, -0.1) is 0 Å². The molecule has 0 aliphatic carbocycles. The molecule has 1 aromatic heterocycles. The molecule has 0 aliphatic rings. The lowest BCUT2D eigenvalue weighted by atomic mass is 10.1. The van der Waals surface area contributed by atoms with E-state index in [0.29, 0.717) is 12.2 Å². The smallest absolute Gasteiger partial charge is 0.275 e. The monoisotopic (exact) mass is 273 g/mol. The van der Waals surface area contributed by atoms with Crippen molar-refractivity contribution < 1.29 is 5.11 Å². The van der Waals surface area contributed by atoms with E-state index >= 15 is 0 Å². The highest BCUT2D eigenvalue weighted by atomic mass is 16.3. The first-order valence-electron chi connectivity index (χ1n) is 6.78. The predicted octanol–water partition coefficient (Wildman–Crippen LogP) is 1.61. The van der Waals surface area contributed by atoms with Gasteiger partial charge in [0, 0.05) is 12.6 Å². The van der Waals surface area contributed by atoms with Gasteiger partial charge in [-0.3, -0.25) is 4.79 Å². The molecule has 106 valence electrons. The molecule has 0 saturated heterocycles. The van der Waals surface area contributed by atoms with E-state index in [1.54, 1.807) is 0 Å². The quantitative estimate of drug-likeness (QED) is 0.868. The number of aryl methyl sites for hydroxylation is 1. The van der Waals surface area contributed by atoms with Crippen LogP contribution in [0.15, 0.2) is 35.1 Å². The van der Waals surface area contributed by atoms with Crippen molar-refractivity contribution in [2.24, 2.45) is 0 Å². The molecule has 20 heavy (non-hydrogen) atoms. The van der Waals surface area contributed by atoms with Gasteiger partial charge in [-0.25, -0.2) is 0 Å². The third-order valence-corrected chi connectivity index (χ3v) is 3.13. The van der Waals surface area contributed by atoms with E-state index in [2.05, 4.69) is 10.4 Å². The minimum atomic E-state index is -0.330. The zero-order chi connectivity index (χ0) is 14.5. The van der Waals surface area contributed by atoms with Crippen LogP contribution in [0.5, 0.6) is 5.75 Å². The Balaban J connectivity index is 2.53. The molecule has 2 rings (SSSR count). The number of hydrogen-bond acceptors (Lipinski definition) is 4. The number of aromatic hydroxyl groups is 1. The molecular formula is C15H19N3O2. The molecule has 0 fully saturated rings. The molecule has 1 heterocycles. The van der Waals surface area contributed by atoms with Gasteiger partial charge in [0.1, 0.15) is 11.4 Å². The minimum absolute atomic E-state index is 0.0684. The molecule has 0 saturated carbocycles. The molecule has 2 N–H and O–H groups in total. The van der Waals surface area contributed by atoms with Crippen molar-refractivity contribution in [1.82, 2.24) is 15.1 Å². The second-order valence-electron chi connectivity index (χ2n) is 4.49. The molecular weight excluding hydrogens is 254 g/mol. The Bertz CT molecular complexity index is 650. The summed E-state index contributed by atoms with van der Waals surface area (Å²) in [5, 5.41) is 17.2. The molecule has 0 atom stereocenters. The number of para-hydroxylation sites is 1. The summed E-state index contributed by atoms with van der Waals surface area (Å²) >= 11 is 0. The molecule has 0 aliphatic heterocycles. The Hall–Kier alpha value is -2.14. The molecule has 0 unspecified atom stereocenters. The molecule has 2 aromatic rings. The van der Waals surface area contributed by atoms with Crippen LogP contribution in [0, 0.1) is 0 Å². The summed E-state index contributed by atoms with van der Waals surface area (Å²) < 4.78 is 1.35. The summed E-state index contributed by atoms with van der Waals surface area (Å²) in [6.45, 7) is 5.20. The van der Waals surface area contributed by atoms with E-state index in [1.807, 2.05) is 38.1 Å². The molecule has 0 spiro atoms. The van der Waals surface area contributed by atoms with Crippen LogP contribution in [0.2, 0.25) is 0 Å². The molecule has 1 aromatic carbocycles. The average molecular weight is 273 g/mol. The van der Waals surface area contributed by atoms with Crippen molar-refractivity contribution >= 4 is 0 Å². The fraction of sp³-hybridized carbons (Fsp3) is 0.333. The van der Waals surface area contributed by atoms with E-state index in [-0.39, 0.29) is 11.3 Å². The number of aromatic nitrogens is 2. The Morgan fingerprint density at radius 1 is 1.30 bits per heavy atom. The van der Waals surface area contributed by atoms with Gasteiger partial charge >= 0.3 is 0 Å². The van der Waals surface area contributed by atoms with Gasteiger partial charge in [0.15, 0.2) is 0 Å². The summed E-state index contributed by atoms with van der Waals surface area (Å²) in [6.07, 6.45) is 0.813. The Kier molecular flexibility index (Phi) is 4.53. The lowest BCUT2D eigenvalue weighted by Crippen LogP contribution is -2.24. The van der Waals surface area contributed by atoms with Crippen LogP contribution >= 0.6 is 0 Å². The highest BCUT2D eigenvalue weighted by Crippen LogP contribution is 2.15. The van der Waals surface area contributed by atoms with E-state index in [1.165, 1.54) is 10.7 Å². The first kappa shape index (κ1) is 14.3. The SMILES string of the molecule is CCNCc1nn(-c2ccccc2CC)c(=O)cc1O. The summed E-state index contributed by atoms with van der Waals surface area (Å²) in [4.78, 5) is 12.1.